The number of hydrogen-bond acceptors (Lipinski definition) is 3. The number of ether oxygens (including phenoxy) is 2. The number of aliphatic carboxylic acids is 1. The fraction of sp³-hybridized carbons (Fsp3) is 0.438. The van der Waals surface area contributed by atoms with Crippen molar-refractivity contribution in [2.24, 2.45) is 5.92 Å². The van der Waals surface area contributed by atoms with Gasteiger partial charge in [0.1, 0.15) is 0 Å². The molecule has 0 fully saturated rings. The molecule has 1 atom stereocenters. The van der Waals surface area contributed by atoms with E-state index in [1.54, 1.807) is 13.2 Å². The molecular formula is C16H21BrO4. The van der Waals surface area contributed by atoms with E-state index >= 15 is 0 Å². The molecule has 0 bridgehead atoms. The van der Waals surface area contributed by atoms with Crippen molar-refractivity contribution in [2.45, 2.75) is 26.7 Å². The SMILES string of the molecule is CCCC(C)COc1c(Br)cc(C=CC(=O)O)cc1OC. The van der Waals surface area contributed by atoms with Crippen LogP contribution in [0.25, 0.3) is 6.08 Å². The van der Waals surface area contributed by atoms with Gasteiger partial charge in [-0.15, -0.1) is 0 Å². The lowest BCUT2D eigenvalue weighted by Crippen LogP contribution is -2.09. The van der Waals surface area contributed by atoms with Crippen LogP contribution in [-0.4, -0.2) is 24.8 Å². The molecule has 1 aromatic rings. The van der Waals surface area contributed by atoms with Crippen molar-refractivity contribution in [3.05, 3.63) is 28.2 Å². The summed E-state index contributed by atoms with van der Waals surface area (Å²) in [6, 6.07) is 3.56. The third-order valence-corrected chi connectivity index (χ3v) is 3.55. The van der Waals surface area contributed by atoms with Crippen molar-refractivity contribution in [3.63, 3.8) is 0 Å². The van der Waals surface area contributed by atoms with Crippen LogP contribution in [0.4, 0.5) is 0 Å². The van der Waals surface area contributed by atoms with Crippen LogP contribution < -0.4 is 9.47 Å². The van der Waals surface area contributed by atoms with Gasteiger partial charge in [0, 0.05) is 6.08 Å². The van der Waals surface area contributed by atoms with Crippen molar-refractivity contribution < 1.29 is 19.4 Å². The molecule has 1 rings (SSSR count). The number of halogens is 1. The van der Waals surface area contributed by atoms with Gasteiger partial charge in [-0.3, -0.25) is 0 Å². The molecule has 0 amide bonds. The molecule has 1 N–H and O–H groups in total. The number of carboxylic acids is 1. The zero-order valence-electron chi connectivity index (χ0n) is 12.6. The highest BCUT2D eigenvalue weighted by molar-refractivity contribution is 9.10. The molecule has 5 heteroatoms. The van der Waals surface area contributed by atoms with E-state index in [1.807, 2.05) is 6.07 Å². The van der Waals surface area contributed by atoms with Gasteiger partial charge in [-0.1, -0.05) is 20.3 Å². The number of carboxylic acid groups (broad SMARTS) is 1. The van der Waals surface area contributed by atoms with Crippen LogP contribution in [0.15, 0.2) is 22.7 Å². The summed E-state index contributed by atoms with van der Waals surface area (Å²) in [5.41, 5.74) is 0.732. The van der Waals surface area contributed by atoms with E-state index in [0.717, 1.165) is 29.0 Å². The van der Waals surface area contributed by atoms with E-state index in [1.165, 1.54) is 6.08 Å². The number of methoxy groups -OCH3 is 1. The molecule has 0 aliphatic rings. The van der Waals surface area contributed by atoms with E-state index < -0.39 is 5.97 Å². The van der Waals surface area contributed by atoms with Crippen LogP contribution in [0.2, 0.25) is 0 Å². The zero-order chi connectivity index (χ0) is 15.8. The fourth-order valence-electron chi connectivity index (χ4n) is 1.95. The minimum Gasteiger partial charge on any atom is -0.493 e. The first-order valence-electron chi connectivity index (χ1n) is 6.89. The molecule has 0 aromatic heterocycles. The van der Waals surface area contributed by atoms with Gasteiger partial charge in [0.05, 0.1) is 18.2 Å². The van der Waals surface area contributed by atoms with E-state index in [-0.39, 0.29) is 0 Å². The average molecular weight is 357 g/mol. The molecule has 0 saturated heterocycles. The summed E-state index contributed by atoms with van der Waals surface area (Å²) in [6.45, 7) is 4.91. The Bertz CT molecular complexity index is 511. The van der Waals surface area contributed by atoms with Gasteiger partial charge in [0.15, 0.2) is 11.5 Å². The molecule has 0 radical (unpaired) electrons. The quantitative estimate of drug-likeness (QED) is 0.702. The fourth-order valence-corrected chi connectivity index (χ4v) is 2.52. The van der Waals surface area contributed by atoms with Crippen LogP contribution in [0.1, 0.15) is 32.3 Å². The molecule has 0 aliphatic carbocycles. The lowest BCUT2D eigenvalue weighted by Gasteiger charge is -2.16. The lowest BCUT2D eigenvalue weighted by atomic mass is 10.1. The third kappa shape index (κ3) is 5.79. The van der Waals surface area contributed by atoms with Gasteiger partial charge in [-0.25, -0.2) is 4.79 Å². The Hall–Kier alpha value is -1.49. The second kappa shape index (κ2) is 8.72. The van der Waals surface area contributed by atoms with Crippen LogP contribution in [-0.2, 0) is 4.79 Å². The molecule has 0 heterocycles. The minimum absolute atomic E-state index is 0.471. The average Bonchev–Trinajstić information content (AvgIpc) is 2.43. The van der Waals surface area contributed by atoms with Crippen LogP contribution in [0.5, 0.6) is 11.5 Å². The van der Waals surface area contributed by atoms with Gasteiger partial charge < -0.3 is 14.6 Å². The van der Waals surface area contributed by atoms with Gasteiger partial charge in [0.2, 0.25) is 0 Å². The first-order chi connectivity index (χ1) is 9.97. The summed E-state index contributed by atoms with van der Waals surface area (Å²) in [5, 5.41) is 8.67. The molecule has 21 heavy (non-hydrogen) atoms. The minimum atomic E-state index is -0.987. The van der Waals surface area contributed by atoms with E-state index in [9.17, 15) is 4.79 Å². The predicted octanol–water partition coefficient (Wildman–Crippen LogP) is 4.37. The number of rotatable bonds is 8. The largest absolute Gasteiger partial charge is 0.493 e. The normalized spacial score (nSPS) is 12.4. The maximum Gasteiger partial charge on any atom is 0.328 e. The van der Waals surface area contributed by atoms with Crippen molar-refractivity contribution in [1.29, 1.82) is 0 Å². The van der Waals surface area contributed by atoms with Gasteiger partial charge >= 0.3 is 5.97 Å². The van der Waals surface area contributed by atoms with Gasteiger partial charge in [-0.05, 0) is 52.0 Å². The molecule has 0 aliphatic heterocycles. The Labute approximate surface area is 133 Å². The van der Waals surface area contributed by atoms with Crippen molar-refractivity contribution in [3.8, 4) is 11.5 Å². The van der Waals surface area contributed by atoms with Gasteiger partial charge in [0.25, 0.3) is 0 Å². The number of benzene rings is 1. The zero-order valence-corrected chi connectivity index (χ0v) is 14.1. The van der Waals surface area contributed by atoms with Crippen molar-refractivity contribution in [2.75, 3.05) is 13.7 Å². The molecule has 1 unspecified atom stereocenters. The van der Waals surface area contributed by atoms with Crippen molar-refractivity contribution in [1.82, 2.24) is 0 Å². The van der Waals surface area contributed by atoms with Crippen LogP contribution >= 0.6 is 15.9 Å². The van der Waals surface area contributed by atoms with E-state index in [2.05, 4.69) is 29.8 Å². The number of carbonyl (C=O) groups is 1. The Morgan fingerprint density at radius 1 is 1.48 bits per heavy atom. The monoisotopic (exact) mass is 356 g/mol. The molecule has 0 saturated carbocycles. The second-order valence-electron chi connectivity index (χ2n) is 4.91. The Kier molecular flexibility index (Phi) is 7.29. The van der Waals surface area contributed by atoms with Crippen molar-refractivity contribution >= 4 is 28.0 Å². The summed E-state index contributed by atoms with van der Waals surface area (Å²) in [6.07, 6.45) is 4.84. The highest BCUT2D eigenvalue weighted by Gasteiger charge is 2.12. The second-order valence-corrected chi connectivity index (χ2v) is 5.76. The number of hydrogen-bond donors (Lipinski definition) is 1. The highest BCUT2D eigenvalue weighted by atomic mass is 79.9. The first kappa shape index (κ1) is 17.6. The molecule has 116 valence electrons. The smallest absolute Gasteiger partial charge is 0.328 e. The maximum absolute atomic E-state index is 10.6. The Morgan fingerprint density at radius 2 is 2.19 bits per heavy atom. The van der Waals surface area contributed by atoms with Crippen LogP contribution in [0, 0.1) is 5.92 Å². The predicted molar refractivity (Wildman–Crippen MR) is 86.9 cm³/mol. The van der Waals surface area contributed by atoms with Gasteiger partial charge in [-0.2, -0.15) is 0 Å². The molecule has 1 aromatic carbocycles. The summed E-state index contributed by atoms with van der Waals surface area (Å²) < 4.78 is 11.9. The summed E-state index contributed by atoms with van der Waals surface area (Å²) in [7, 11) is 1.56. The summed E-state index contributed by atoms with van der Waals surface area (Å²) >= 11 is 3.45. The first-order valence-corrected chi connectivity index (χ1v) is 7.68. The molecule has 0 spiro atoms. The maximum atomic E-state index is 10.6. The summed E-state index contributed by atoms with van der Waals surface area (Å²) in [4.78, 5) is 10.6. The Balaban J connectivity index is 2.92. The standard InChI is InChI=1S/C16H21BrO4/c1-4-5-11(2)10-21-16-13(17)8-12(6-7-15(18)19)9-14(16)20-3/h6-9,11H,4-5,10H2,1-3H3,(H,18,19). The van der Waals surface area contributed by atoms with Crippen LogP contribution in [0.3, 0.4) is 0 Å². The third-order valence-electron chi connectivity index (χ3n) is 2.96. The lowest BCUT2D eigenvalue weighted by molar-refractivity contribution is -0.131. The Morgan fingerprint density at radius 3 is 2.76 bits per heavy atom. The molecular weight excluding hydrogens is 336 g/mol. The van der Waals surface area contributed by atoms with E-state index in [4.69, 9.17) is 14.6 Å². The van der Waals surface area contributed by atoms with E-state index in [0.29, 0.717) is 24.0 Å². The summed E-state index contributed by atoms with van der Waals surface area (Å²) in [5.74, 6) is 0.711. The molecule has 4 nitrogen and oxygen atoms in total. The topological polar surface area (TPSA) is 55.8 Å². The highest BCUT2D eigenvalue weighted by Crippen LogP contribution is 2.37.